The fraction of sp³-hybridized carbons (Fsp3) is 0.562. The van der Waals surface area contributed by atoms with Gasteiger partial charge in [-0.3, -0.25) is 0 Å². The summed E-state index contributed by atoms with van der Waals surface area (Å²) in [5, 5.41) is 0. The molecule has 96 valence electrons. The van der Waals surface area contributed by atoms with E-state index in [2.05, 4.69) is 38.1 Å². The number of unbranched alkanes of at least 4 members (excludes halogenated alkanes) is 2. The smallest absolute Gasteiger partial charge is 0.129 e. The van der Waals surface area contributed by atoms with Crippen LogP contribution in [0, 0.1) is 0 Å². The van der Waals surface area contributed by atoms with Gasteiger partial charge in [0.15, 0.2) is 0 Å². The minimum absolute atomic E-state index is 0.310. The van der Waals surface area contributed by atoms with E-state index >= 15 is 0 Å². The maximum absolute atomic E-state index is 10.7. The van der Waals surface area contributed by atoms with Gasteiger partial charge in [-0.2, -0.15) is 0 Å². The molecule has 1 aromatic rings. The zero-order chi connectivity index (χ0) is 12.9. The highest BCUT2D eigenvalue weighted by atomic mass is 16.1. The molecule has 0 heterocycles. The lowest BCUT2D eigenvalue weighted by molar-refractivity contribution is -0.117. The predicted molar refractivity (Wildman–Crippen MR) is 75.3 cm³/mol. The van der Waals surface area contributed by atoms with Gasteiger partial charge in [-0.1, -0.05) is 57.0 Å². The molecular weight excluding hydrogens is 208 g/mol. The van der Waals surface area contributed by atoms with Gasteiger partial charge in [0, 0.05) is 6.42 Å². The van der Waals surface area contributed by atoms with Crippen molar-refractivity contribution in [1.29, 1.82) is 0 Å². The molecule has 0 atom stereocenters. The first-order valence-electron chi connectivity index (χ1n) is 6.74. The average Bonchev–Trinajstić information content (AvgIpc) is 2.30. The molecule has 1 heteroatoms. The van der Waals surface area contributed by atoms with Crippen LogP contribution in [0.5, 0.6) is 0 Å². The summed E-state index contributed by atoms with van der Waals surface area (Å²) in [5.74, 6) is 0.310. The molecule has 0 unspecified atom stereocenters. The molecule has 0 fully saturated rings. The Hall–Kier alpha value is -1.11. The number of rotatable bonds is 6. The molecule has 0 saturated heterocycles. The summed E-state index contributed by atoms with van der Waals surface area (Å²) in [5.41, 5.74) is 1.40. The first-order chi connectivity index (χ1) is 8.20. The number of carbonyl (C=O) groups is 1. The Morgan fingerprint density at radius 2 is 1.59 bits per heavy atom. The molecule has 0 N–H and O–H groups in total. The molecule has 0 bridgehead atoms. The number of hydrogen-bond acceptors (Lipinski definition) is 1. The number of benzene rings is 1. The summed E-state index contributed by atoms with van der Waals surface area (Å²) < 4.78 is 0. The molecule has 0 radical (unpaired) electrons. The van der Waals surface area contributed by atoms with Crippen LogP contribution in [0.2, 0.25) is 0 Å². The summed E-state index contributed by atoms with van der Waals surface area (Å²) in [7, 11) is 0. The number of hydrogen-bond donors (Lipinski definition) is 0. The van der Waals surface area contributed by atoms with E-state index < -0.39 is 0 Å². The maximum Gasteiger partial charge on any atom is 0.129 e. The quantitative estimate of drug-likeness (QED) is 0.646. The van der Waals surface area contributed by atoms with Crippen LogP contribution in [0.1, 0.15) is 58.4 Å². The topological polar surface area (TPSA) is 17.1 Å². The van der Waals surface area contributed by atoms with Crippen molar-refractivity contribution in [3.63, 3.8) is 0 Å². The van der Waals surface area contributed by atoms with Crippen molar-refractivity contribution >= 4 is 5.78 Å². The highest BCUT2D eigenvalue weighted by Crippen LogP contribution is 2.07. The van der Waals surface area contributed by atoms with E-state index in [-0.39, 0.29) is 0 Å². The first-order valence-corrected chi connectivity index (χ1v) is 6.74. The lowest BCUT2D eigenvalue weighted by Gasteiger charge is -2.00. The van der Waals surface area contributed by atoms with E-state index in [0.717, 1.165) is 25.7 Å². The monoisotopic (exact) mass is 234 g/mol. The van der Waals surface area contributed by atoms with Crippen LogP contribution in [-0.2, 0) is 11.2 Å². The van der Waals surface area contributed by atoms with Crippen molar-refractivity contribution in [1.82, 2.24) is 0 Å². The van der Waals surface area contributed by atoms with Crippen LogP contribution in [0.3, 0.4) is 0 Å². The Labute approximate surface area is 106 Å². The second kappa shape index (κ2) is 11.4. The normalized spacial score (nSPS) is 9.35. The summed E-state index contributed by atoms with van der Waals surface area (Å²) >= 11 is 0. The van der Waals surface area contributed by atoms with E-state index in [1.165, 1.54) is 18.4 Å². The molecule has 0 saturated carbocycles. The van der Waals surface area contributed by atoms with Crippen LogP contribution in [0.4, 0.5) is 0 Å². The van der Waals surface area contributed by atoms with Gasteiger partial charge in [0.1, 0.15) is 5.78 Å². The Balaban J connectivity index is 0.000000770. The van der Waals surface area contributed by atoms with Gasteiger partial charge in [0.2, 0.25) is 0 Å². The minimum atomic E-state index is 0.310. The van der Waals surface area contributed by atoms with E-state index in [1.54, 1.807) is 6.92 Å². The Morgan fingerprint density at radius 1 is 1.00 bits per heavy atom. The van der Waals surface area contributed by atoms with E-state index in [0.29, 0.717) is 5.78 Å². The zero-order valence-corrected chi connectivity index (χ0v) is 11.5. The van der Waals surface area contributed by atoms with Crippen LogP contribution in [0.25, 0.3) is 0 Å². The minimum Gasteiger partial charge on any atom is -0.300 e. The molecule has 0 aliphatic rings. The first kappa shape index (κ1) is 15.9. The number of Topliss-reactive ketones (excluding diaryl/α,β-unsaturated/α-hetero) is 1. The van der Waals surface area contributed by atoms with Crippen molar-refractivity contribution in [2.45, 2.75) is 59.3 Å². The van der Waals surface area contributed by atoms with Crippen LogP contribution in [-0.4, -0.2) is 5.78 Å². The third-order valence-electron chi connectivity index (χ3n) is 2.34. The summed E-state index contributed by atoms with van der Waals surface area (Å²) in [6, 6.07) is 10.5. The lowest BCUT2D eigenvalue weighted by Crippen LogP contribution is -1.90. The zero-order valence-electron chi connectivity index (χ0n) is 11.5. The Kier molecular flexibility index (Phi) is 10.6. The summed E-state index contributed by atoms with van der Waals surface area (Å²) in [6.07, 6.45) is 6.53. The molecule has 17 heavy (non-hydrogen) atoms. The predicted octanol–water partition coefficient (Wildman–Crippen LogP) is 4.79. The Bertz CT molecular complexity index is 277. The molecular formula is C16H26O. The molecule has 0 aliphatic heterocycles. The van der Waals surface area contributed by atoms with Crippen molar-refractivity contribution in [3.05, 3.63) is 35.9 Å². The van der Waals surface area contributed by atoms with Gasteiger partial charge in [-0.05, 0) is 31.7 Å². The van der Waals surface area contributed by atoms with E-state index in [1.807, 2.05) is 6.07 Å². The van der Waals surface area contributed by atoms with Gasteiger partial charge in [-0.15, -0.1) is 0 Å². The van der Waals surface area contributed by atoms with Crippen molar-refractivity contribution in [3.8, 4) is 0 Å². The summed E-state index contributed by atoms with van der Waals surface area (Å²) in [4.78, 5) is 10.7. The second-order valence-electron chi connectivity index (χ2n) is 4.46. The Morgan fingerprint density at radius 3 is 2.12 bits per heavy atom. The third-order valence-corrected chi connectivity index (χ3v) is 2.34. The SMILES string of the molecule is CC(=O)CCCCCc1ccccc1.CCC. The van der Waals surface area contributed by atoms with Crippen LogP contribution < -0.4 is 0 Å². The molecule has 1 nitrogen and oxygen atoms in total. The summed E-state index contributed by atoms with van der Waals surface area (Å²) in [6.45, 7) is 5.91. The lowest BCUT2D eigenvalue weighted by atomic mass is 10.1. The van der Waals surface area contributed by atoms with Crippen molar-refractivity contribution in [2.24, 2.45) is 0 Å². The molecule has 0 amide bonds. The van der Waals surface area contributed by atoms with Gasteiger partial charge in [0.05, 0.1) is 0 Å². The molecule has 0 spiro atoms. The highest BCUT2D eigenvalue weighted by molar-refractivity contribution is 5.75. The van der Waals surface area contributed by atoms with Crippen LogP contribution >= 0.6 is 0 Å². The van der Waals surface area contributed by atoms with Crippen molar-refractivity contribution < 1.29 is 4.79 Å². The number of ketones is 1. The van der Waals surface area contributed by atoms with E-state index in [4.69, 9.17) is 0 Å². The maximum atomic E-state index is 10.7. The fourth-order valence-electron chi connectivity index (χ4n) is 1.52. The third kappa shape index (κ3) is 11.2. The van der Waals surface area contributed by atoms with Gasteiger partial charge in [-0.25, -0.2) is 0 Å². The fourth-order valence-corrected chi connectivity index (χ4v) is 1.52. The largest absolute Gasteiger partial charge is 0.300 e. The van der Waals surface area contributed by atoms with Crippen molar-refractivity contribution in [2.75, 3.05) is 0 Å². The van der Waals surface area contributed by atoms with Gasteiger partial charge in [0.25, 0.3) is 0 Å². The highest BCUT2D eigenvalue weighted by Gasteiger charge is 1.95. The standard InChI is InChI=1S/C13H18O.C3H8/c1-12(14)8-4-2-5-9-13-10-6-3-7-11-13;1-3-2/h3,6-7,10-11H,2,4-5,8-9H2,1H3;3H2,1-2H3. The molecule has 0 aliphatic carbocycles. The molecule has 1 aromatic carbocycles. The molecule has 0 aromatic heterocycles. The van der Waals surface area contributed by atoms with Gasteiger partial charge >= 0.3 is 0 Å². The molecule has 1 rings (SSSR count). The van der Waals surface area contributed by atoms with Gasteiger partial charge < -0.3 is 4.79 Å². The number of aryl methyl sites for hydroxylation is 1. The second-order valence-corrected chi connectivity index (χ2v) is 4.46. The van der Waals surface area contributed by atoms with Crippen LogP contribution in [0.15, 0.2) is 30.3 Å². The number of carbonyl (C=O) groups excluding carboxylic acids is 1. The van der Waals surface area contributed by atoms with E-state index in [9.17, 15) is 4.79 Å². The average molecular weight is 234 g/mol.